The number of ketones is 1. The van der Waals surface area contributed by atoms with Gasteiger partial charge in [-0.25, -0.2) is 0 Å². The largest absolute Gasteiger partial charge is 0.300 e. The van der Waals surface area contributed by atoms with Gasteiger partial charge in [0.15, 0.2) is 0 Å². The Kier molecular flexibility index (Phi) is 2.67. The van der Waals surface area contributed by atoms with E-state index < -0.39 is 0 Å². The SMILES string of the molecule is C=CCC1CCCC(=O)C1. The average Bonchev–Trinajstić information content (AvgIpc) is 1.88. The molecule has 0 aromatic carbocycles. The van der Waals surface area contributed by atoms with Crippen LogP contribution in [0.4, 0.5) is 0 Å². The van der Waals surface area contributed by atoms with Crippen molar-refractivity contribution in [2.45, 2.75) is 32.1 Å². The summed E-state index contributed by atoms with van der Waals surface area (Å²) >= 11 is 0. The molecule has 10 heavy (non-hydrogen) atoms. The van der Waals surface area contributed by atoms with E-state index in [9.17, 15) is 4.79 Å². The summed E-state index contributed by atoms with van der Waals surface area (Å²) in [6.07, 6.45) is 6.86. The lowest BCUT2D eigenvalue weighted by Crippen LogP contribution is -2.13. The topological polar surface area (TPSA) is 17.1 Å². The van der Waals surface area contributed by atoms with Gasteiger partial charge in [0, 0.05) is 12.8 Å². The molecule has 1 nitrogen and oxygen atoms in total. The third kappa shape index (κ3) is 1.98. The summed E-state index contributed by atoms with van der Waals surface area (Å²) in [5.41, 5.74) is 0. The molecule has 1 fully saturated rings. The average molecular weight is 138 g/mol. The summed E-state index contributed by atoms with van der Waals surface area (Å²) < 4.78 is 0. The van der Waals surface area contributed by atoms with E-state index in [4.69, 9.17) is 0 Å². The van der Waals surface area contributed by atoms with Gasteiger partial charge in [-0.2, -0.15) is 0 Å². The van der Waals surface area contributed by atoms with E-state index in [1.807, 2.05) is 6.08 Å². The molecule has 0 amide bonds. The molecule has 0 aliphatic heterocycles. The second-order valence-electron chi connectivity index (χ2n) is 3.03. The zero-order valence-electron chi connectivity index (χ0n) is 6.31. The summed E-state index contributed by atoms with van der Waals surface area (Å²) in [6.45, 7) is 3.67. The molecule has 0 heterocycles. The fraction of sp³-hybridized carbons (Fsp3) is 0.667. The lowest BCUT2D eigenvalue weighted by atomic mass is 9.86. The van der Waals surface area contributed by atoms with Crippen molar-refractivity contribution in [1.29, 1.82) is 0 Å². The standard InChI is InChI=1S/C9H14O/c1-2-4-8-5-3-6-9(10)7-8/h2,8H,1,3-7H2. The fourth-order valence-corrected chi connectivity index (χ4v) is 1.55. The van der Waals surface area contributed by atoms with E-state index in [2.05, 4.69) is 6.58 Å². The van der Waals surface area contributed by atoms with Crippen molar-refractivity contribution in [3.8, 4) is 0 Å². The molecule has 1 atom stereocenters. The van der Waals surface area contributed by atoms with Crippen LogP contribution in [-0.4, -0.2) is 5.78 Å². The van der Waals surface area contributed by atoms with Gasteiger partial charge < -0.3 is 0 Å². The molecule has 0 aromatic heterocycles. The first-order chi connectivity index (χ1) is 4.83. The molecule has 1 saturated carbocycles. The van der Waals surface area contributed by atoms with Gasteiger partial charge in [-0.1, -0.05) is 6.08 Å². The minimum absolute atomic E-state index is 0.443. The van der Waals surface area contributed by atoms with Crippen molar-refractivity contribution in [2.24, 2.45) is 5.92 Å². The number of rotatable bonds is 2. The molecule has 1 aliphatic rings. The molecule has 1 aliphatic carbocycles. The van der Waals surface area contributed by atoms with E-state index in [-0.39, 0.29) is 0 Å². The van der Waals surface area contributed by atoms with Crippen LogP contribution in [0.3, 0.4) is 0 Å². The minimum atomic E-state index is 0.443. The molecule has 0 aromatic rings. The number of allylic oxidation sites excluding steroid dienone is 1. The molecule has 0 N–H and O–H groups in total. The summed E-state index contributed by atoms with van der Waals surface area (Å²) in [7, 11) is 0. The van der Waals surface area contributed by atoms with Gasteiger partial charge in [-0.15, -0.1) is 6.58 Å². The lowest BCUT2D eigenvalue weighted by molar-refractivity contribution is -0.121. The first-order valence-corrected chi connectivity index (χ1v) is 3.95. The number of hydrogen-bond donors (Lipinski definition) is 0. The monoisotopic (exact) mass is 138 g/mol. The highest BCUT2D eigenvalue weighted by atomic mass is 16.1. The van der Waals surface area contributed by atoms with Crippen LogP contribution < -0.4 is 0 Å². The minimum Gasteiger partial charge on any atom is -0.300 e. The fourth-order valence-electron chi connectivity index (χ4n) is 1.55. The summed E-state index contributed by atoms with van der Waals surface area (Å²) in [5, 5.41) is 0. The molecule has 0 spiro atoms. The summed E-state index contributed by atoms with van der Waals surface area (Å²) in [5.74, 6) is 1.05. The van der Waals surface area contributed by atoms with Crippen molar-refractivity contribution >= 4 is 5.78 Å². The van der Waals surface area contributed by atoms with E-state index in [1.165, 1.54) is 6.42 Å². The maximum Gasteiger partial charge on any atom is 0.133 e. The Labute approximate surface area is 62.1 Å². The van der Waals surface area contributed by atoms with Crippen LogP contribution in [0.5, 0.6) is 0 Å². The van der Waals surface area contributed by atoms with Crippen LogP contribution >= 0.6 is 0 Å². The van der Waals surface area contributed by atoms with Crippen molar-refractivity contribution in [1.82, 2.24) is 0 Å². The molecule has 1 heteroatoms. The van der Waals surface area contributed by atoms with Gasteiger partial charge in [0.1, 0.15) is 5.78 Å². The van der Waals surface area contributed by atoms with Crippen molar-refractivity contribution in [2.75, 3.05) is 0 Å². The van der Waals surface area contributed by atoms with Gasteiger partial charge in [0.2, 0.25) is 0 Å². The van der Waals surface area contributed by atoms with E-state index in [1.54, 1.807) is 0 Å². The Morgan fingerprint density at radius 2 is 2.50 bits per heavy atom. The van der Waals surface area contributed by atoms with Crippen LogP contribution in [0.25, 0.3) is 0 Å². The van der Waals surface area contributed by atoms with Gasteiger partial charge >= 0.3 is 0 Å². The number of carbonyl (C=O) groups is 1. The van der Waals surface area contributed by atoms with Crippen molar-refractivity contribution in [3.63, 3.8) is 0 Å². The van der Waals surface area contributed by atoms with E-state index in [0.717, 1.165) is 25.7 Å². The number of hydrogen-bond acceptors (Lipinski definition) is 1. The quantitative estimate of drug-likeness (QED) is 0.535. The lowest BCUT2D eigenvalue weighted by Gasteiger charge is -2.18. The highest BCUT2D eigenvalue weighted by Crippen LogP contribution is 2.23. The molecular weight excluding hydrogens is 124 g/mol. The van der Waals surface area contributed by atoms with Crippen molar-refractivity contribution in [3.05, 3.63) is 12.7 Å². The van der Waals surface area contributed by atoms with Crippen LogP contribution in [0, 0.1) is 5.92 Å². The maximum atomic E-state index is 10.9. The Hall–Kier alpha value is -0.590. The van der Waals surface area contributed by atoms with Crippen LogP contribution in [0.2, 0.25) is 0 Å². The van der Waals surface area contributed by atoms with Gasteiger partial charge in [0.25, 0.3) is 0 Å². The van der Waals surface area contributed by atoms with Crippen LogP contribution in [-0.2, 0) is 4.79 Å². The Morgan fingerprint density at radius 1 is 1.70 bits per heavy atom. The third-order valence-electron chi connectivity index (χ3n) is 2.08. The smallest absolute Gasteiger partial charge is 0.133 e. The predicted octanol–water partition coefficient (Wildman–Crippen LogP) is 2.32. The normalized spacial score (nSPS) is 26.4. The van der Waals surface area contributed by atoms with Gasteiger partial charge in [0.05, 0.1) is 0 Å². The Balaban J connectivity index is 2.31. The highest BCUT2D eigenvalue weighted by Gasteiger charge is 2.17. The van der Waals surface area contributed by atoms with Crippen LogP contribution in [0.15, 0.2) is 12.7 Å². The summed E-state index contributed by atoms with van der Waals surface area (Å²) in [6, 6.07) is 0. The number of carbonyl (C=O) groups excluding carboxylic acids is 1. The molecule has 1 unspecified atom stereocenters. The second kappa shape index (κ2) is 3.55. The van der Waals surface area contributed by atoms with E-state index >= 15 is 0 Å². The molecule has 56 valence electrons. The molecule has 0 saturated heterocycles. The van der Waals surface area contributed by atoms with Crippen LogP contribution in [0.1, 0.15) is 32.1 Å². The Bertz CT molecular complexity index is 138. The Morgan fingerprint density at radius 3 is 3.10 bits per heavy atom. The zero-order chi connectivity index (χ0) is 7.40. The summed E-state index contributed by atoms with van der Waals surface area (Å²) in [4.78, 5) is 10.9. The first-order valence-electron chi connectivity index (χ1n) is 3.95. The predicted molar refractivity (Wildman–Crippen MR) is 41.8 cm³/mol. The number of Topliss-reactive ketones (excluding diaryl/α,β-unsaturated/α-hetero) is 1. The molecule has 1 rings (SSSR count). The highest BCUT2D eigenvalue weighted by molar-refractivity contribution is 5.79. The maximum absolute atomic E-state index is 10.9. The second-order valence-corrected chi connectivity index (χ2v) is 3.03. The zero-order valence-corrected chi connectivity index (χ0v) is 6.31. The third-order valence-corrected chi connectivity index (χ3v) is 2.08. The molecular formula is C9H14O. The van der Waals surface area contributed by atoms with Gasteiger partial charge in [-0.05, 0) is 25.2 Å². The molecule has 0 bridgehead atoms. The van der Waals surface area contributed by atoms with Gasteiger partial charge in [-0.3, -0.25) is 4.79 Å². The van der Waals surface area contributed by atoms with Crippen molar-refractivity contribution < 1.29 is 4.79 Å². The first kappa shape index (κ1) is 7.52. The molecule has 0 radical (unpaired) electrons. The van der Waals surface area contributed by atoms with E-state index in [0.29, 0.717) is 11.7 Å².